The number of benzene rings is 1. The zero-order valence-electron chi connectivity index (χ0n) is 15.1. The lowest BCUT2D eigenvalue weighted by molar-refractivity contribution is 0.0995. The van der Waals surface area contributed by atoms with Crippen molar-refractivity contribution in [2.24, 2.45) is 5.73 Å². The summed E-state index contributed by atoms with van der Waals surface area (Å²) >= 11 is 7.47. The van der Waals surface area contributed by atoms with Gasteiger partial charge in [0.15, 0.2) is 5.82 Å². The third-order valence-corrected chi connectivity index (χ3v) is 5.32. The summed E-state index contributed by atoms with van der Waals surface area (Å²) in [7, 11) is 0. The number of hydrogen-bond acceptors (Lipinski definition) is 7. The van der Waals surface area contributed by atoms with Crippen LogP contribution in [0.15, 0.2) is 54.0 Å². The molecule has 0 unspecified atom stereocenters. The number of carbonyl (C=O) groups excluding carboxylic acids is 1. The van der Waals surface area contributed by atoms with Crippen molar-refractivity contribution >= 4 is 50.4 Å². The molecule has 3 aromatic heterocycles. The predicted molar refractivity (Wildman–Crippen MR) is 114 cm³/mol. The third-order valence-electron chi connectivity index (χ3n) is 4.17. The highest BCUT2D eigenvalue weighted by Gasteiger charge is 2.12. The molecule has 0 bridgehead atoms. The monoisotopic (exact) mass is 425 g/mol. The van der Waals surface area contributed by atoms with Crippen LogP contribution in [0.2, 0.25) is 5.02 Å². The van der Waals surface area contributed by atoms with E-state index in [0.717, 1.165) is 21.3 Å². The number of primary amides is 1. The fourth-order valence-electron chi connectivity index (χ4n) is 2.74. The Balaban J connectivity index is 1.47. The minimum Gasteiger partial charge on any atom is -0.475 e. The average Bonchev–Trinajstić information content (AvgIpc) is 3.22. The lowest BCUT2D eigenvalue weighted by atomic mass is 10.2. The summed E-state index contributed by atoms with van der Waals surface area (Å²) < 4.78 is 6.76. The number of halogens is 1. The first-order valence-electron chi connectivity index (χ1n) is 8.74. The van der Waals surface area contributed by atoms with Crippen molar-refractivity contribution in [1.82, 2.24) is 15.2 Å². The van der Waals surface area contributed by atoms with Crippen LogP contribution in [0.4, 0.5) is 11.5 Å². The minimum absolute atomic E-state index is 0.237. The van der Waals surface area contributed by atoms with E-state index in [1.54, 1.807) is 12.3 Å². The highest BCUT2D eigenvalue weighted by molar-refractivity contribution is 7.17. The van der Waals surface area contributed by atoms with E-state index in [9.17, 15) is 4.79 Å². The number of aromatic nitrogens is 3. The van der Waals surface area contributed by atoms with Crippen LogP contribution in [-0.2, 0) is 6.42 Å². The number of ether oxygens (including phenoxy) is 1. The number of fused-ring (bicyclic) bond motifs is 1. The fraction of sp³-hybridized carbons (Fsp3) is 0.100. The first-order chi connectivity index (χ1) is 14.1. The van der Waals surface area contributed by atoms with Gasteiger partial charge in [0.05, 0.1) is 6.61 Å². The molecule has 0 aliphatic rings. The first kappa shape index (κ1) is 19.1. The zero-order chi connectivity index (χ0) is 20.2. The molecule has 0 saturated heterocycles. The second kappa shape index (κ2) is 8.42. The van der Waals surface area contributed by atoms with Gasteiger partial charge in [-0.1, -0.05) is 11.6 Å². The molecule has 29 heavy (non-hydrogen) atoms. The molecular formula is C20H16ClN5O2S. The van der Waals surface area contributed by atoms with Crippen molar-refractivity contribution in [3.8, 4) is 5.88 Å². The van der Waals surface area contributed by atoms with Crippen molar-refractivity contribution in [3.63, 3.8) is 0 Å². The Kier molecular flexibility index (Phi) is 5.55. The van der Waals surface area contributed by atoms with E-state index in [2.05, 4.69) is 20.5 Å². The Morgan fingerprint density at radius 2 is 2.00 bits per heavy atom. The molecular weight excluding hydrogens is 410 g/mol. The molecule has 1 amide bonds. The Labute approximate surface area is 175 Å². The summed E-state index contributed by atoms with van der Waals surface area (Å²) in [5, 5.41) is 15.3. The number of carbonyl (C=O) groups is 1. The summed E-state index contributed by atoms with van der Waals surface area (Å²) in [6, 6.07) is 12.8. The molecule has 0 spiro atoms. The molecule has 1 aromatic carbocycles. The topological polar surface area (TPSA) is 103 Å². The third kappa shape index (κ3) is 4.44. The Bertz CT molecular complexity index is 1160. The quantitative estimate of drug-likeness (QED) is 0.460. The molecule has 0 radical (unpaired) electrons. The molecule has 0 aliphatic heterocycles. The smallest absolute Gasteiger partial charge is 0.267 e. The van der Waals surface area contributed by atoms with E-state index in [0.29, 0.717) is 29.7 Å². The second-order valence-electron chi connectivity index (χ2n) is 6.16. The maximum absolute atomic E-state index is 11.2. The summed E-state index contributed by atoms with van der Waals surface area (Å²) in [5.74, 6) is 0.569. The van der Waals surface area contributed by atoms with Gasteiger partial charge in [0.2, 0.25) is 0 Å². The highest BCUT2D eigenvalue weighted by atomic mass is 35.5. The van der Waals surface area contributed by atoms with Gasteiger partial charge in [-0.25, -0.2) is 0 Å². The number of nitrogens with one attached hydrogen (secondary N) is 1. The largest absolute Gasteiger partial charge is 0.475 e. The maximum atomic E-state index is 11.2. The molecule has 0 fully saturated rings. The van der Waals surface area contributed by atoms with Gasteiger partial charge in [0.25, 0.3) is 11.8 Å². The SMILES string of the molecule is NC(=O)c1cc(CCOc2nnc(Nc3ccc(Cl)cc3)c3ccsc23)ccn1. The summed E-state index contributed by atoms with van der Waals surface area (Å²) in [6.45, 7) is 0.383. The van der Waals surface area contributed by atoms with Gasteiger partial charge in [0.1, 0.15) is 10.4 Å². The Morgan fingerprint density at radius 1 is 1.17 bits per heavy atom. The highest BCUT2D eigenvalue weighted by Crippen LogP contribution is 2.33. The average molecular weight is 426 g/mol. The molecule has 3 heterocycles. The number of thiophene rings is 1. The Hall–Kier alpha value is -3.23. The summed E-state index contributed by atoms with van der Waals surface area (Å²) in [6.07, 6.45) is 2.14. The number of nitrogens with zero attached hydrogens (tertiary/aromatic N) is 3. The normalized spacial score (nSPS) is 10.8. The second-order valence-corrected chi connectivity index (χ2v) is 7.51. The maximum Gasteiger partial charge on any atom is 0.267 e. The van der Waals surface area contributed by atoms with Gasteiger partial charge in [-0.15, -0.1) is 21.5 Å². The van der Waals surface area contributed by atoms with E-state index >= 15 is 0 Å². The standard InChI is InChI=1S/C20H16ClN5O2S/c21-13-1-3-14(4-2-13)24-19-15-7-10-29-17(15)20(26-25-19)28-9-6-12-5-8-23-16(11-12)18(22)27/h1-5,7-8,10-11H,6,9H2,(H2,22,27)(H,24,25). The van der Waals surface area contributed by atoms with Crippen LogP contribution in [0.5, 0.6) is 5.88 Å². The van der Waals surface area contributed by atoms with Crippen LogP contribution in [0, 0.1) is 0 Å². The van der Waals surface area contributed by atoms with Gasteiger partial charge in [-0.3, -0.25) is 9.78 Å². The van der Waals surface area contributed by atoms with Gasteiger partial charge in [-0.2, -0.15) is 0 Å². The molecule has 0 aliphatic carbocycles. The van der Waals surface area contributed by atoms with Gasteiger partial charge in [-0.05, 0) is 53.4 Å². The zero-order valence-corrected chi connectivity index (χ0v) is 16.7. The number of amides is 1. The first-order valence-corrected chi connectivity index (χ1v) is 10.00. The van der Waals surface area contributed by atoms with Gasteiger partial charge in [0, 0.05) is 28.7 Å². The van der Waals surface area contributed by atoms with Crippen molar-refractivity contribution < 1.29 is 9.53 Å². The van der Waals surface area contributed by atoms with Crippen LogP contribution in [0.3, 0.4) is 0 Å². The summed E-state index contributed by atoms with van der Waals surface area (Å²) in [4.78, 5) is 15.2. The molecule has 0 atom stereocenters. The lowest BCUT2D eigenvalue weighted by Gasteiger charge is -2.10. The van der Waals surface area contributed by atoms with Gasteiger partial charge >= 0.3 is 0 Å². The van der Waals surface area contributed by atoms with Crippen molar-refractivity contribution in [3.05, 3.63) is 70.3 Å². The molecule has 7 nitrogen and oxygen atoms in total. The minimum atomic E-state index is -0.553. The van der Waals surface area contributed by atoms with Crippen LogP contribution in [0.1, 0.15) is 16.1 Å². The van der Waals surface area contributed by atoms with Crippen molar-refractivity contribution in [2.45, 2.75) is 6.42 Å². The molecule has 0 saturated carbocycles. The molecule has 4 rings (SSSR count). The fourth-order valence-corrected chi connectivity index (χ4v) is 3.70. The van der Waals surface area contributed by atoms with Crippen molar-refractivity contribution in [1.29, 1.82) is 0 Å². The van der Waals surface area contributed by atoms with Crippen LogP contribution in [0.25, 0.3) is 10.1 Å². The molecule has 3 N–H and O–H groups in total. The number of pyridine rings is 1. The van der Waals surface area contributed by atoms with E-state index < -0.39 is 5.91 Å². The summed E-state index contributed by atoms with van der Waals surface area (Å²) in [5.41, 5.74) is 7.28. The van der Waals surface area contributed by atoms with E-state index in [-0.39, 0.29) is 5.69 Å². The lowest BCUT2D eigenvalue weighted by Crippen LogP contribution is -2.13. The van der Waals surface area contributed by atoms with Crippen LogP contribution in [-0.4, -0.2) is 27.7 Å². The molecule has 146 valence electrons. The van der Waals surface area contributed by atoms with E-state index in [1.807, 2.05) is 41.8 Å². The number of nitrogens with two attached hydrogens (primary N) is 1. The Morgan fingerprint density at radius 3 is 2.79 bits per heavy atom. The van der Waals surface area contributed by atoms with Crippen LogP contribution >= 0.6 is 22.9 Å². The number of anilines is 2. The van der Waals surface area contributed by atoms with Gasteiger partial charge < -0.3 is 15.8 Å². The van der Waals surface area contributed by atoms with Crippen molar-refractivity contribution in [2.75, 3.05) is 11.9 Å². The van der Waals surface area contributed by atoms with Crippen LogP contribution < -0.4 is 15.8 Å². The molecule has 9 heteroatoms. The number of rotatable bonds is 7. The van der Waals surface area contributed by atoms with E-state index in [1.165, 1.54) is 11.3 Å². The van der Waals surface area contributed by atoms with E-state index in [4.69, 9.17) is 22.1 Å². The predicted octanol–water partition coefficient (Wildman–Crippen LogP) is 4.20. The number of hydrogen-bond donors (Lipinski definition) is 2. The molecule has 4 aromatic rings.